The molecule has 11 heteroatoms. The predicted molar refractivity (Wildman–Crippen MR) is 67.2 cm³/mol. The molecule has 0 aromatic heterocycles. The van der Waals surface area contributed by atoms with Crippen LogP contribution in [0.25, 0.3) is 10.4 Å². The molecule has 0 saturated carbocycles. The summed E-state index contributed by atoms with van der Waals surface area (Å²) in [6.07, 6.45) is -1.37. The number of azide groups is 1. The summed E-state index contributed by atoms with van der Waals surface area (Å²) in [5.41, 5.74) is 8.28. The number of amides is 1. The standard InChI is InChI=1S/C9H17N4O6P/c1-5-3-7(4-11-13-10)18-9(19-20(15,16)17)8(5)12-6(2)14/h5,7-9H,3-4H2,1-2H3,(H,12,14)(H2,15,16,17). The molecule has 1 aliphatic rings. The number of rotatable bonds is 5. The lowest BCUT2D eigenvalue weighted by atomic mass is 9.91. The van der Waals surface area contributed by atoms with Crippen molar-refractivity contribution >= 4 is 13.7 Å². The van der Waals surface area contributed by atoms with Gasteiger partial charge >= 0.3 is 7.82 Å². The van der Waals surface area contributed by atoms with Gasteiger partial charge in [-0.3, -0.25) is 9.32 Å². The van der Waals surface area contributed by atoms with Crippen LogP contribution < -0.4 is 5.32 Å². The molecule has 3 N–H and O–H groups in total. The zero-order valence-corrected chi connectivity index (χ0v) is 11.9. The monoisotopic (exact) mass is 308 g/mol. The fourth-order valence-corrected chi connectivity index (χ4v) is 2.53. The van der Waals surface area contributed by atoms with Crippen LogP contribution in [0.5, 0.6) is 0 Å². The molecule has 0 spiro atoms. The lowest BCUT2D eigenvalue weighted by Crippen LogP contribution is -2.54. The highest BCUT2D eigenvalue weighted by atomic mass is 31.2. The van der Waals surface area contributed by atoms with Crippen molar-refractivity contribution in [3.8, 4) is 0 Å². The van der Waals surface area contributed by atoms with Crippen LogP contribution in [-0.2, 0) is 18.6 Å². The van der Waals surface area contributed by atoms with Gasteiger partial charge in [0.2, 0.25) is 5.91 Å². The molecule has 114 valence electrons. The molecule has 0 radical (unpaired) electrons. The molecule has 1 aliphatic heterocycles. The maximum Gasteiger partial charge on any atom is 0.472 e. The van der Waals surface area contributed by atoms with E-state index in [1.807, 2.05) is 0 Å². The Morgan fingerprint density at radius 3 is 2.80 bits per heavy atom. The number of ether oxygens (including phenoxy) is 1. The molecule has 0 aromatic rings. The van der Waals surface area contributed by atoms with Crippen molar-refractivity contribution in [3.05, 3.63) is 10.4 Å². The normalized spacial score (nSPS) is 30.4. The van der Waals surface area contributed by atoms with Crippen molar-refractivity contribution in [1.82, 2.24) is 5.32 Å². The second kappa shape index (κ2) is 7.03. The highest BCUT2D eigenvalue weighted by Gasteiger charge is 2.40. The number of carbonyl (C=O) groups is 1. The quantitative estimate of drug-likeness (QED) is 0.293. The van der Waals surface area contributed by atoms with Crippen molar-refractivity contribution < 1.29 is 28.4 Å². The van der Waals surface area contributed by atoms with Crippen LogP contribution in [-0.4, -0.2) is 40.7 Å². The van der Waals surface area contributed by atoms with E-state index in [9.17, 15) is 9.36 Å². The number of carbonyl (C=O) groups excluding carboxylic acids is 1. The van der Waals surface area contributed by atoms with Gasteiger partial charge in [-0.05, 0) is 17.9 Å². The Kier molecular flexibility index (Phi) is 5.94. The third kappa shape index (κ3) is 5.46. The molecule has 1 saturated heterocycles. The summed E-state index contributed by atoms with van der Waals surface area (Å²) in [7, 11) is -4.77. The molecule has 4 atom stereocenters. The van der Waals surface area contributed by atoms with E-state index in [2.05, 4.69) is 19.9 Å². The van der Waals surface area contributed by atoms with Gasteiger partial charge in [0.05, 0.1) is 18.7 Å². The fourth-order valence-electron chi connectivity index (χ4n) is 2.08. The summed E-state index contributed by atoms with van der Waals surface area (Å²) in [4.78, 5) is 31.5. The Balaban J connectivity index is 2.84. The van der Waals surface area contributed by atoms with Crippen LogP contribution in [0.2, 0.25) is 0 Å². The van der Waals surface area contributed by atoms with E-state index in [4.69, 9.17) is 20.1 Å². The number of nitrogens with zero attached hydrogens (tertiary/aromatic N) is 3. The van der Waals surface area contributed by atoms with Gasteiger partial charge in [-0.1, -0.05) is 12.0 Å². The first-order chi connectivity index (χ1) is 9.23. The maximum absolute atomic E-state index is 11.1. The summed E-state index contributed by atoms with van der Waals surface area (Å²) in [5.74, 6) is -0.527. The van der Waals surface area contributed by atoms with Crippen LogP contribution in [0.3, 0.4) is 0 Å². The highest BCUT2D eigenvalue weighted by molar-refractivity contribution is 7.46. The van der Waals surface area contributed by atoms with Crippen LogP contribution in [0, 0.1) is 5.92 Å². The van der Waals surface area contributed by atoms with Crippen LogP contribution in [0.4, 0.5) is 0 Å². The molecule has 20 heavy (non-hydrogen) atoms. The van der Waals surface area contributed by atoms with E-state index < -0.39 is 26.3 Å². The Morgan fingerprint density at radius 2 is 2.30 bits per heavy atom. The summed E-state index contributed by atoms with van der Waals surface area (Å²) in [6, 6.07) is -0.692. The third-order valence-corrected chi connectivity index (χ3v) is 3.31. The first-order valence-electron chi connectivity index (χ1n) is 5.90. The van der Waals surface area contributed by atoms with E-state index in [-0.39, 0.29) is 18.4 Å². The van der Waals surface area contributed by atoms with Crippen LogP contribution >= 0.6 is 7.82 Å². The number of phosphoric acid groups is 1. The topological polar surface area (TPSA) is 154 Å². The van der Waals surface area contributed by atoms with E-state index in [1.54, 1.807) is 6.92 Å². The summed E-state index contributed by atoms with van der Waals surface area (Å²) in [5, 5.41) is 5.91. The molecule has 1 amide bonds. The Bertz CT molecular complexity index is 448. The molecule has 1 fully saturated rings. The van der Waals surface area contributed by atoms with Gasteiger partial charge in [0.25, 0.3) is 0 Å². The van der Waals surface area contributed by atoms with Crippen molar-refractivity contribution in [1.29, 1.82) is 0 Å². The molecular weight excluding hydrogens is 291 g/mol. The van der Waals surface area contributed by atoms with Crippen molar-refractivity contribution in [2.75, 3.05) is 6.54 Å². The maximum atomic E-state index is 11.1. The van der Waals surface area contributed by atoms with Gasteiger partial charge < -0.3 is 19.8 Å². The van der Waals surface area contributed by atoms with Crippen molar-refractivity contribution in [2.45, 2.75) is 38.7 Å². The Labute approximate surface area is 115 Å². The zero-order chi connectivity index (χ0) is 15.3. The largest absolute Gasteiger partial charge is 0.472 e. The van der Waals surface area contributed by atoms with E-state index in [0.29, 0.717) is 6.42 Å². The second-order valence-corrected chi connectivity index (χ2v) is 5.77. The van der Waals surface area contributed by atoms with Crippen LogP contribution in [0.15, 0.2) is 5.11 Å². The highest BCUT2D eigenvalue weighted by Crippen LogP contribution is 2.41. The number of hydrogen-bond acceptors (Lipinski definition) is 5. The van der Waals surface area contributed by atoms with Gasteiger partial charge in [0.15, 0.2) is 6.29 Å². The molecular formula is C9H17N4O6P. The molecule has 0 aliphatic carbocycles. The minimum atomic E-state index is -4.77. The lowest BCUT2D eigenvalue weighted by Gasteiger charge is -2.39. The Morgan fingerprint density at radius 1 is 1.65 bits per heavy atom. The van der Waals surface area contributed by atoms with Gasteiger partial charge in [-0.2, -0.15) is 0 Å². The first kappa shape index (κ1) is 16.9. The average Bonchev–Trinajstić information content (AvgIpc) is 2.28. The first-order valence-corrected chi connectivity index (χ1v) is 7.43. The summed E-state index contributed by atoms with van der Waals surface area (Å²) >= 11 is 0. The summed E-state index contributed by atoms with van der Waals surface area (Å²) < 4.78 is 20.9. The second-order valence-electron chi connectivity index (χ2n) is 4.58. The smallest absolute Gasteiger partial charge is 0.348 e. The zero-order valence-electron chi connectivity index (χ0n) is 11.0. The van der Waals surface area contributed by atoms with Gasteiger partial charge in [-0.15, -0.1) is 0 Å². The third-order valence-electron chi connectivity index (χ3n) is 2.83. The van der Waals surface area contributed by atoms with E-state index >= 15 is 0 Å². The van der Waals surface area contributed by atoms with Crippen molar-refractivity contribution in [3.63, 3.8) is 0 Å². The number of nitrogens with one attached hydrogen (secondary N) is 1. The van der Waals surface area contributed by atoms with E-state index in [0.717, 1.165) is 0 Å². The van der Waals surface area contributed by atoms with Gasteiger partial charge in [0.1, 0.15) is 0 Å². The average molecular weight is 308 g/mol. The minimum Gasteiger partial charge on any atom is -0.348 e. The van der Waals surface area contributed by atoms with Crippen molar-refractivity contribution in [2.24, 2.45) is 11.0 Å². The SMILES string of the molecule is CC(=O)NC1C(C)CC(CN=[N+]=[N-])OC1OP(=O)(O)O. The van der Waals surface area contributed by atoms with Gasteiger partial charge in [0, 0.05) is 11.8 Å². The molecule has 4 unspecified atom stereocenters. The predicted octanol–water partition coefficient (Wildman–Crippen LogP) is 0.662. The Hall–Kier alpha value is -1.15. The number of hydrogen-bond donors (Lipinski definition) is 3. The lowest BCUT2D eigenvalue weighted by molar-refractivity contribution is -0.183. The molecule has 0 bridgehead atoms. The molecule has 1 rings (SSSR count). The summed E-state index contributed by atoms with van der Waals surface area (Å²) in [6.45, 7) is 3.09. The molecule has 0 aromatic carbocycles. The minimum absolute atomic E-state index is 0.0225. The fraction of sp³-hybridized carbons (Fsp3) is 0.889. The molecule has 10 nitrogen and oxygen atoms in total. The molecule has 1 heterocycles. The van der Waals surface area contributed by atoms with Crippen LogP contribution in [0.1, 0.15) is 20.3 Å². The number of phosphoric ester groups is 1. The van der Waals surface area contributed by atoms with Gasteiger partial charge in [-0.25, -0.2) is 4.57 Å². The van der Waals surface area contributed by atoms with E-state index in [1.165, 1.54) is 6.92 Å².